The van der Waals surface area contributed by atoms with Crippen LogP contribution in [0.3, 0.4) is 0 Å². The number of hydrogen-bond donors (Lipinski definition) is 1. The summed E-state index contributed by atoms with van der Waals surface area (Å²) in [7, 11) is 1.21. The SMILES string of the molecule is COC(=O)C1(C(N)=O)OC1(C)c1ccc(-c2sccc2C)cc1. The molecule has 1 aliphatic heterocycles. The molecule has 23 heavy (non-hydrogen) atoms. The highest BCUT2D eigenvalue weighted by atomic mass is 32.1. The maximum absolute atomic E-state index is 12.0. The predicted molar refractivity (Wildman–Crippen MR) is 86.9 cm³/mol. The Morgan fingerprint density at radius 3 is 2.35 bits per heavy atom. The van der Waals surface area contributed by atoms with Gasteiger partial charge in [0.15, 0.2) is 0 Å². The lowest BCUT2D eigenvalue weighted by molar-refractivity contribution is -0.151. The monoisotopic (exact) mass is 331 g/mol. The Balaban J connectivity index is 1.96. The van der Waals surface area contributed by atoms with Crippen LogP contribution in [-0.2, 0) is 24.7 Å². The first kappa shape index (κ1) is 15.7. The number of aryl methyl sites for hydroxylation is 1. The normalized spacial score (nSPS) is 25.9. The number of hydrogen-bond acceptors (Lipinski definition) is 5. The van der Waals surface area contributed by atoms with Crippen LogP contribution in [0.15, 0.2) is 35.7 Å². The lowest BCUT2D eigenvalue weighted by atomic mass is 9.86. The molecule has 2 aromatic rings. The highest BCUT2D eigenvalue weighted by Crippen LogP contribution is 2.56. The van der Waals surface area contributed by atoms with Crippen LogP contribution < -0.4 is 5.73 Å². The minimum Gasteiger partial charge on any atom is -0.466 e. The van der Waals surface area contributed by atoms with Gasteiger partial charge in [-0.3, -0.25) is 4.79 Å². The number of epoxide rings is 1. The number of benzene rings is 1. The van der Waals surface area contributed by atoms with Crippen LogP contribution in [0.1, 0.15) is 18.1 Å². The molecule has 1 amide bonds. The molecule has 1 aromatic heterocycles. The summed E-state index contributed by atoms with van der Waals surface area (Å²) < 4.78 is 10.2. The van der Waals surface area contributed by atoms with E-state index in [0.29, 0.717) is 5.56 Å². The van der Waals surface area contributed by atoms with Gasteiger partial charge in [0.25, 0.3) is 11.5 Å². The number of thiophene rings is 1. The van der Waals surface area contributed by atoms with E-state index in [1.54, 1.807) is 18.3 Å². The van der Waals surface area contributed by atoms with Crippen LogP contribution in [-0.4, -0.2) is 24.6 Å². The lowest BCUT2D eigenvalue weighted by Crippen LogP contribution is -2.45. The molecule has 2 heterocycles. The van der Waals surface area contributed by atoms with Gasteiger partial charge < -0.3 is 15.2 Å². The molecule has 0 saturated carbocycles. The number of nitrogens with two attached hydrogens (primary N) is 1. The number of rotatable bonds is 4. The zero-order valence-electron chi connectivity index (χ0n) is 13.1. The molecule has 1 fully saturated rings. The van der Waals surface area contributed by atoms with Crippen molar-refractivity contribution < 1.29 is 19.1 Å². The smallest absolute Gasteiger partial charge is 0.351 e. The van der Waals surface area contributed by atoms with Gasteiger partial charge in [-0.1, -0.05) is 24.3 Å². The fourth-order valence-electron chi connectivity index (χ4n) is 2.92. The van der Waals surface area contributed by atoms with Gasteiger partial charge in [-0.05, 0) is 42.0 Å². The Morgan fingerprint density at radius 2 is 1.87 bits per heavy atom. The summed E-state index contributed by atoms with van der Waals surface area (Å²) >= 11 is 1.67. The van der Waals surface area contributed by atoms with E-state index in [-0.39, 0.29) is 0 Å². The first-order valence-corrected chi connectivity index (χ1v) is 7.98. The summed E-state index contributed by atoms with van der Waals surface area (Å²) in [6.07, 6.45) is 0. The molecule has 2 N–H and O–H groups in total. The number of ether oxygens (including phenoxy) is 2. The second-order valence-electron chi connectivity index (χ2n) is 5.68. The third kappa shape index (κ3) is 2.09. The molecule has 0 bridgehead atoms. The van der Waals surface area contributed by atoms with E-state index in [4.69, 9.17) is 15.2 Å². The maximum atomic E-state index is 12.0. The standard InChI is InChI=1S/C17H17NO4S/c1-10-8-9-23-13(10)11-4-6-12(7-5-11)16(2)17(22-16,14(18)19)15(20)21-3/h4-9H,1-3H3,(H2,18,19). The van der Waals surface area contributed by atoms with E-state index >= 15 is 0 Å². The first-order valence-electron chi connectivity index (χ1n) is 7.10. The molecule has 1 aromatic carbocycles. The number of methoxy groups -OCH3 is 1. The zero-order valence-corrected chi connectivity index (χ0v) is 13.9. The minimum atomic E-state index is -1.75. The third-order valence-corrected chi connectivity index (χ3v) is 5.43. The molecule has 0 radical (unpaired) electrons. The van der Waals surface area contributed by atoms with Crippen molar-refractivity contribution in [2.45, 2.75) is 25.0 Å². The van der Waals surface area contributed by atoms with E-state index in [2.05, 4.69) is 13.0 Å². The molecule has 1 saturated heterocycles. The van der Waals surface area contributed by atoms with Gasteiger partial charge in [0.1, 0.15) is 5.60 Å². The van der Waals surface area contributed by atoms with E-state index in [0.717, 1.165) is 5.56 Å². The first-order chi connectivity index (χ1) is 10.9. The minimum absolute atomic E-state index is 0.708. The third-order valence-electron chi connectivity index (χ3n) is 4.37. The van der Waals surface area contributed by atoms with Gasteiger partial charge in [0.05, 0.1) is 7.11 Å². The van der Waals surface area contributed by atoms with E-state index in [1.807, 2.05) is 29.6 Å². The van der Waals surface area contributed by atoms with Gasteiger partial charge in [-0.25, -0.2) is 4.79 Å². The average molecular weight is 331 g/mol. The van der Waals surface area contributed by atoms with E-state index in [1.165, 1.54) is 17.6 Å². The van der Waals surface area contributed by atoms with Crippen molar-refractivity contribution in [3.8, 4) is 10.4 Å². The second kappa shape index (κ2) is 5.18. The Bertz CT molecular complexity index is 782. The molecule has 1 aliphatic rings. The van der Waals surface area contributed by atoms with E-state index in [9.17, 15) is 9.59 Å². The zero-order chi connectivity index (χ0) is 16.8. The fraction of sp³-hybridized carbons (Fsp3) is 0.294. The summed E-state index contributed by atoms with van der Waals surface area (Å²) in [4.78, 5) is 24.9. The van der Waals surface area contributed by atoms with Gasteiger partial charge in [0, 0.05) is 4.88 Å². The van der Waals surface area contributed by atoms with Crippen molar-refractivity contribution in [3.63, 3.8) is 0 Å². The summed E-state index contributed by atoms with van der Waals surface area (Å²) in [5.74, 6) is -1.62. The quantitative estimate of drug-likeness (QED) is 0.530. The van der Waals surface area contributed by atoms with Gasteiger partial charge in [0.2, 0.25) is 0 Å². The van der Waals surface area contributed by atoms with Crippen molar-refractivity contribution in [2.75, 3.05) is 7.11 Å². The molecule has 120 valence electrons. The molecule has 2 unspecified atom stereocenters. The van der Waals surface area contributed by atoms with E-state index < -0.39 is 23.1 Å². The summed E-state index contributed by atoms with van der Waals surface area (Å²) in [6.45, 7) is 3.72. The summed E-state index contributed by atoms with van der Waals surface area (Å²) in [6, 6.07) is 9.66. The molecular weight excluding hydrogens is 314 g/mol. The molecular formula is C17H17NO4S. The Kier molecular flexibility index (Phi) is 3.54. The lowest BCUT2D eigenvalue weighted by Gasteiger charge is -2.13. The molecule has 2 atom stereocenters. The topological polar surface area (TPSA) is 81.9 Å². The molecule has 0 aliphatic carbocycles. The molecule has 5 nitrogen and oxygen atoms in total. The van der Waals surface area contributed by atoms with Crippen LogP contribution in [0.5, 0.6) is 0 Å². The number of amides is 1. The van der Waals surface area contributed by atoms with Crippen molar-refractivity contribution in [1.29, 1.82) is 0 Å². The van der Waals surface area contributed by atoms with Crippen LogP contribution in [0.2, 0.25) is 0 Å². The van der Waals surface area contributed by atoms with Crippen LogP contribution in [0, 0.1) is 6.92 Å². The Hall–Kier alpha value is -2.18. The van der Waals surface area contributed by atoms with Crippen LogP contribution in [0.4, 0.5) is 0 Å². The molecule has 0 spiro atoms. The number of carbonyl (C=O) groups is 2. The van der Waals surface area contributed by atoms with Gasteiger partial charge in [-0.15, -0.1) is 11.3 Å². The Labute approximate surface area is 138 Å². The maximum Gasteiger partial charge on any atom is 0.351 e. The van der Waals surface area contributed by atoms with Crippen molar-refractivity contribution in [1.82, 2.24) is 0 Å². The highest BCUT2D eigenvalue weighted by Gasteiger charge is 2.78. The highest BCUT2D eigenvalue weighted by molar-refractivity contribution is 7.13. The predicted octanol–water partition coefficient (Wildman–Crippen LogP) is 2.37. The number of carbonyl (C=O) groups excluding carboxylic acids is 2. The van der Waals surface area contributed by atoms with Gasteiger partial charge in [-0.2, -0.15) is 0 Å². The Morgan fingerprint density at radius 1 is 1.22 bits per heavy atom. The average Bonchev–Trinajstić information content (AvgIpc) is 2.99. The van der Waals surface area contributed by atoms with Crippen LogP contribution >= 0.6 is 11.3 Å². The summed E-state index contributed by atoms with van der Waals surface area (Å²) in [5.41, 5.74) is 5.53. The fourth-order valence-corrected chi connectivity index (χ4v) is 3.85. The van der Waals surface area contributed by atoms with Gasteiger partial charge >= 0.3 is 5.97 Å². The van der Waals surface area contributed by atoms with Crippen LogP contribution in [0.25, 0.3) is 10.4 Å². The molecule has 6 heteroatoms. The molecule has 3 rings (SSSR count). The largest absolute Gasteiger partial charge is 0.466 e. The second-order valence-corrected chi connectivity index (χ2v) is 6.60. The van der Waals surface area contributed by atoms with Crippen molar-refractivity contribution >= 4 is 23.2 Å². The van der Waals surface area contributed by atoms with Crippen molar-refractivity contribution in [2.24, 2.45) is 5.73 Å². The van der Waals surface area contributed by atoms with Crippen molar-refractivity contribution in [3.05, 3.63) is 46.8 Å². The number of primary amides is 1. The number of esters is 1. The summed E-state index contributed by atoms with van der Waals surface area (Å²) in [5, 5.41) is 2.04.